The molecule has 0 spiro atoms. The van der Waals surface area contributed by atoms with E-state index in [2.05, 4.69) is 223 Å². The molecule has 0 aliphatic heterocycles. The van der Waals surface area contributed by atoms with Crippen molar-refractivity contribution in [2.75, 3.05) is 10.2 Å². The Hall–Kier alpha value is -7.94. The molecule has 0 radical (unpaired) electrons. The predicted octanol–water partition coefficient (Wildman–Crippen LogP) is 16.6. The number of nitrogens with one attached hydrogen (secondary N) is 1. The molecule has 0 fully saturated rings. The first-order chi connectivity index (χ1) is 29.7. The first-order valence-corrected chi connectivity index (χ1v) is 20.4. The van der Waals surface area contributed by atoms with Crippen LogP contribution >= 0.6 is 0 Å². The SMILES string of the molecule is C=C/C=C\c1ccccc1.c1ccc(Nc2ccc3c(-c4ccccc4)c4cc(N(c5ccccc5)c5ccc6ccccc6c5)ccc4c(-c4ccccc4)c3c2)cc1. The van der Waals surface area contributed by atoms with Crippen LogP contribution in [-0.4, -0.2) is 0 Å². The van der Waals surface area contributed by atoms with E-state index in [1.54, 1.807) is 6.08 Å². The second kappa shape index (κ2) is 17.7. The molecular formula is C58H44N2. The number of benzene rings is 10. The Kier molecular flexibility index (Phi) is 11.1. The van der Waals surface area contributed by atoms with E-state index in [1.807, 2.05) is 36.4 Å². The molecule has 10 aromatic carbocycles. The third-order valence-corrected chi connectivity index (χ3v) is 10.8. The van der Waals surface area contributed by atoms with Crippen LogP contribution in [0.15, 0.2) is 249 Å². The molecule has 2 nitrogen and oxygen atoms in total. The van der Waals surface area contributed by atoms with Crippen molar-refractivity contribution in [2.45, 2.75) is 0 Å². The lowest BCUT2D eigenvalue weighted by atomic mass is 9.85. The van der Waals surface area contributed by atoms with Gasteiger partial charge in [0.25, 0.3) is 0 Å². The summed E-state index contributed by atoms with van der Waals surface area (Å²) >= 11 is 0. The summed E-state index contributed by atoms with van der Waals surface area (Å²) in [5.41, 5.74) is 11.5. The normalized spacial score (nSPS) is 11.0. The average molecular weight is 769 g/mol. The van der Waals surface area contributed by atoms with Gasteiger partial charge >= 0.3 is 0 Å². The lowest BCUT2D eigenvalue weighted by Crippen LogP contribution is -2.10. The fraction of sp³-hybridized carbons (Fsp3) is 0. The second-order valence-corrected chi connectivity index (χ2v) is 14.7. The number of anilines is 5. The number of hydrogen-bond donors (Lipinski definition) is 1. The standard InChI is InChI=1S/C48H34N2.C10H10/c1-5-16-35(17-6-1)47-44-30-28-42(50(40-23-11-4-12-24-40)41-27-25-34-15-13-14-20-37(34)31-41)33-46(44)48(36-18-7-2-8-19-36)43-29-26-39(32-45(43)47)49-38-21-9-3-10-22-38;1-2-3-7-10-8-5-4-6-9-10/h1-33,49H;2-9H,1H2/b;7-3-. The Morgan fingerprint density at radius 1 is 0.367 bits per heavy atom. The van der Waals surface area contributed by atoms with E-state index in [1.165, 1.54) is 60.1 Å². The number of rotatable bonds is 9. The largest absolute Gasteiger partial charge is 0.356 e. The molecule has 0 unspecified atom stereocenters. The van der Waals surface area contributed by atoms with Gasteiger partial charge in [-0.15, -0.1) is 0 Å². The van der Waals surface area contributed by atoms with Crippen LogP contribution in [0.2, 0.25) is 0 Å². The summed E-state index contributed by atoms with van der Waals surface area (Å²) in [4.78, 5) is 2.37. The van der Waals surface area contributed by atoms with Crippen molar-refractivity contribution in [3.63, 3.8) is 0 Å². The maximum Gasteiger partial charge on any atom is 0.0468 e. The summed E-state index contributed by atoms with van der Waals surface area (Å²) in [6, 6.07) is 82.0. The first-order valence-electron chi connectivity index (χ1n) is 20.4. The summed E-state index contributed by atoms with van der Waals surface area (Å²) in [7, 11) is 0. The molecule has 60 heavy (non-hydrogen) atoms. The van der Waals surface area contributed by atoms with Crippen molar-refractivity contribution in [3.05, 3.63) is 255 Å². The first kappa shape index (κ1) is 37.6. The molecule has 10 aromatic rings. The van der Waals surface area contributed by atoms with Gasteiger partial charge in [-0.05, 0) is 121 Å². The Labute approximate surface area is 352 Å². The molecule has 0 amide bonds. The topological polar surface area (TPSA) is 15.3 Å². The average Bonchev–Trinajstić information content (AvgIpc) is 3.32. The minimum absolute atomic E-state index is 1.06. The van der Waals surface area contributed by atoms with E-state index in [-0.39, 0.29) is 0 Å². The van der Waals surface area contributed by atoms with Crippen molar-refractivity contribution in [2.24, 2.45) is 0 Å². The molecule has 0 saturated heterocycles. The van der Waals surface area contributed by atoms with Crippen LogP contribution in [0.3, 0.4) is 0 Å². The second-order valence-electron chi connectivity index (χ2n) is 14.7. The third-order valence-electron chi connectivity index (χ3n) is 10.8. The molecular weight excluding hydrogens is 725 g/mol. The van der Waals surface area contributed by atoms with E-state index < -0.39 is 0 Å². The Morgan fingerprint density at radius 2 is 0.867 bits per heavy atom. The zero-order chi connectivity index (χ0) is 40.5. The van der Waals surface area contributed by atoms with Crippen molar-refractivity contribution >= 4 is 66.8 Å². The smallest absolute Gasteiger partial charge is 0.0468 e. The fourth-order valence-corrected chi connectivity index (χ4v) is 8.04. The van der Waals surface area contributed by atoms with Crippen LogP contribution in [-0.2, 0) is 0 Å². The fourth-order valence-electron chi connectivity index (χ4n) is 8.04. The van der Waals surface area contributed by atoms with Gasteiger partial charge in [-0.1, -0.05) is 195 Å². The molecule has 10 rings (SSSR count). The molecule has 2 heteroatoms. The molecule has 0 saturated carbocycles. The van der Waals surface area contributed by atoms with Gasteiger partial charge in [-0.3, -0.25) is 0 Å². The van der Waals surface area contributed by atoms with Crippen LogP contribution in [0.5, 0.6) is 0 Å². The van der Waals surface area contributed by atoms with Gasteiger partial charge in [0.2, 0.25) is 0 Å². The zero-order valence-corrected chi connectivity index (χ0v) is 33.3. The van der Waals surface area contributed by atoms with Crippen LogP contribution in [0.25, 0.3) is 60.6 Å². The van der Waals surface area contributed by atoms with Crippen molar-refractivity contribution in [3.8, 4) is 22.3 Å². The summed E-state index contributed by atoms with van der Waals surface area (Å²) in [6.45, 7) is 3.59. The summed E-state index contributed by atoms with van der Waals surface area (Å²) in [6.07, 6.45) is 5.72. The highest BCUT2D eigenvalue weighted by Gasteiger charge is 2.20. The Morgan fingerprint density at radius 3 is 1.50 bits per heavy atom. The van der Waals surface area contributed by atoms with Gasteiger partial charge in [-0.2, -0.15) is 0 Å². The molecule has 0 heterocycles. The highest BCUT2D eigenvalue weighted by Crippen LogP contribution is 2.47. The molecule has 0 aliphatic rings. The van der Waals surface area contributed by atoms with Gasteiger partial charge in [0.05, 0.1) is 0 Å². The van der Waals surface area contributed by atoms with Crippen molar-refractivity contribution in [1.82, 2.24) is 0 Å². The van der Waals surface area contributed by atoms with Gasteiger partial charge in [0, 0.05) is 28.4 Å². The van der Waals surface area contributed by atoms with Gasteiger partial charge < -0.3 is 10.2 Å². The molecule has 0 aromatic heterocycles. The summed E-state index contributed by atoms with van der Waals surface area (Å²) in [5.74, 6) is 0. The predicted molar refractivity (Wildman–Crippen MR) is 260 cm³/mol. The van der Waals surface area contributed by atoms with Crippen LogP contribution < -0.4 is 10.2 Å². The number of hydrogen-bond acceptors (Lipinski definition) is 2. The minimum Gasteiger partial charge on any atom is -0.356 e. The summed E-state index contributed by atoms with van der Waals surface area (Å²) < 4.78 is 0. The van der Waals surface area contributed by atoms with Gasteiger partial charge in [-0.25, -0.2) is 0 Å². The third kappa shape index (κ3) is 8.09. The molecule has 0 bridgehead atoms. The Balaban J connectivity index is 0.000000408. The van der Waals surface area contributed by atoms with Crippen LogP contribution in [0, 0.1) is 0 Å². The molecule has 1 N–H and O–H groups in total. The number of allylic oxidation sites excluding steroid dienone is 2. The molecule has 0 aliphatic carbocycles. The van der Waals surface area contributed by atoms with Crippen LogP contribution in [0.1, 0.15) is 5.56 Å². The van der Waals surface area contributed by atoms with E-state index in [9.17, 15) is 0 Å². The highest BCUT2D eigenvalue weighted by molar-refractivity contribution is 6.22. The Bertz CT molecular complexity index is 3050. The highest BCUT2D eigenvalue weighted by atomic mass is 15.1. The molecule has 0 atom stereocenters. The number of nitrogens with zero attached hydrogens (tertiary/aromatic N) is 1. The van der Waals surface area contributed by atoms with E-state index in [0.717, 1.165) is 28.4 Å². The van der Waals surface area contributed by atoms with E-state index >= 15 is 0 Å². The maximum absolute atomic E-state index is 3.65. The lowest BCUT2D eigenvalue weighted by molar-refractivity contribution is 1.29. The zero-order valence-electron chi connectivity index (χ0n) is 33.3. The lowest BCUT2D eigenvalue weighted by Gasteiger charge is -2.27. The van der Waals surface area contributed by atoms with E-state index in [4.69, 9.17) is 0 Å². The van der Waals surface area contributed by atoms with Crippen molar-refractivity contribution in [1.29, 1.82) is 0 Å². The molecule has 286 valence electrons. The van der Waals surface area contributed by atoms with E-state index in [0.29, 0.717) is 0 Å². The van der Waals surface area contributed by atoms with Crippen LogP contribution in [0.4, 0.5) is 28.4 Å². The quantitative estimate of drug-likeness (QED) is 0.116. The number of para-hydroxylation sites is 2. The summed E-state index contributed by atoms with van der Waals surface area (Å²) in [5, 5.41) is 11.0. The van der Waals surface area contributed by atoms with Gasteiger partial charge in [0.1, 0.15) is 0 Å². The van der Waals surface area contributed by atoms with Gasteiger partial charge in [0.15, 0.2) is 0 Å². The van der Waals surface area contributed by atoms with Crippen molar-refractivity contribution < 1.29 is 0 Å². The maximum atomic E-state index is 3.65. The monoisotopic (exact) mass is 768 g/mol. The minimum atomic E-state index is 1.06. The number of fused-ring (bicyclic) bond motifs is 3.